The number of aromatic nitrogens is 1. The van der Waals surface area contributed by atoms with Crippen molar-refractivity contribution < 1.29 is 14.3 Å². The Hall–Kier alpha value is -1.72. The first kappa shape index (κ1) is 15.7. The molecule has 110 valence electrons. The van der Waals surface area contributed by atoms with Crippen molar-refractivity contribution in [2.45, 2.75) is 26.9 Å². The number of esters is 1. The van der Waals surface area contributed by atoms with Crippen LogP contribution in [0.2, 0.25) is 5.02 Å². The Kier molecular flexibility index (Phi) is 4.75. The zero-order valence-electron chi connectivity index (χ0n) is 11.8. The lowest BCUT2D eigenvalue weighted by molar-refractivity contribution is 0.0322. The molecule has 0 bridgehead atoms. The number of thiazole rings is 1. The average Bonchev–Trinajstić information content (AvgIpc) is 2.76. The van der Waals surface area contributed by atoms with Gasteiger partial charge >= 0.3 is 5.97 Å². The normalized spacial score (nSPS) is 12.0. The predicted molar refractivity (Wildman–Crippen MR) is 82.2 cm³/mol. The number of ether oxygens (including phenoxy) is 1. The fourth-order valence-corrected chi connectivity index (χ4v) is 2.86. The van der Waals surface area contributed by atoms with Crippen molar-refractivity contribution in [3.63, 3.8) is 0 Å². The van der Waals surface area contributed by atoms with Gasteiger partial charge < -0.3 is 4.74 Å². The van der Waals surface area contributed by atoms with E-state index >= 15 is 0 Å². The molecule has 0 radical (unpaired) electrons. The number of carbonyl (C=O) groups excluding carboxylic acids is 2. The van der Waals surface area contributed by atoms with Crippen molar-refractivity contribution in [2.24, 2.45) is 0 Å². The lowest BCUT2D eigenvalue weighted by Crippen LogP contribution is -2.24. The first-order valence-electron chi connectivity index (χ1n) is 6.33. The summed E-state index contributed by atoms with van der Waals surface area (Å²) < 4.78 is 5.23. The molecule has 21 heavy (non-hydrogen) atoms. The third-order valence-electron chi connectivity index (χ3n) is 2.85. The Balaban J connectivity index is 2.10. The monoisotopic (exact) mass is 323 g/mol. The van der Waals surface area contributed by atoms with Gasteiger partial charge in [0.2, 0.25) is 5.78 Å². The maximum absolute atomic E-state index is 12.2. The van der Waals surface area contributed by atoms with Gasteiger partial charge in [-0.3, -0.25) is 4.79 Å². The van der Waals surface area contributed by atoms with Gasteiger partial charge in [0.15, 0.2) is 6.10 Å². The molecule has 0 spiro atoms. The van der Waals surface area contributed by atoms with E-state index in [0.717, 1.165) is 5.01 Å². The second-order valence-electron chi connectivity index (χ2n) is 4.57. The Morgan fingerprint density at radius 3 is 2.62 bits per heavy atom. The fraction of sp³-hybridized carbons (Fsp3) is 0.267. The van der Waals surface area contributed by atoms with Gasteiger partial charge in [-0.05, 0) is 32.9 Å². The van der Waals surface area contributed by atoms with E-state index in [9.17, 15) is 9.59 Å². The molecule has 2 rings (SSSR count). The number of carbonyl (C=O) groups is 2. The number of hydrogen-bond donors (Lipinski definition) is 0. The van der Waals surface area contributed by atoms with Crippen LogP contribution in [0.3, 0.4) is 0 Å². The van der Waals surface area contributed by atoms with E-state index in [-0.39, 0.29) is 5.78 Å². The van der Waals surface area contributed by atoms with Gasteiger partial charge in [-0.15, -0.1) is 11.3 Å². The minimum Gasteiger partial charge on any atom is -0.450 e. The molecule has 0 aliphatic heterocycles. The van der Waals surface area contributed by atoms with Crippen LogP contribution in [0.4, 0.5) is 0 Å². The Morgan fingerprint density at radius 2 is 2.05 bits per heavy atom. The summed E-state index contributed by atoms with van der Waals surface area (Å²) in [6.45, 7) is 5.10. The molecule has 0 aliphatic rings. The smallest absolute Gasteiger partial charge is 0.350 e. The van der Waals surface area contributed by atoms with Gasteiger partial charge in [-0.2, -0.15) is 0 Å². The van der Waals surface area contributed by atoms with Gasteiger partial charge in [-0.25, -0.2) is 9.78 Å². The van der Waals surface area contributed by atoms with Gasteiger partial charge in [0, 0.05) is 10.6 Å². The third-order valence-corrected chi connectivity index (χ3v) is 4.14. The first-order chi connectivity index (χ1) is 9.88. The molecule has 0 amide bonds. The molecule has 0 saturated carbocycles. The molecule has 1 unspecified atom stereocenters. The van der Waals surface area contributed by atoms with Crippen LogP contribution >= 0.6 is 22.9 Å². The minimum absolute atomic E-state index is 0.287. The zero-order valence-corrected chi connectivity index (χ0v) is 13.4. The summed E-state index contributed by atoms with van der Waals surface area (Å²) in [6.07, 6.45) is -0.877. The van der Waals surface area contributed by atoms with Crippen LogP contribution in [0.1, 0.15) is 37.7 Å². The number of hydrogen-bond acceptors (Lipinski definition) is 5. The molecule has 1 aromatic carbocycles. The Morgan fingerprint density at radius 1 is 1.33 bits per heavy atom. The highest BCUT2D eigenvalue weighted by atomic mass is 35.5. The van der Waals surface area contributed by atoms with Crippen LogP contribution in [0, 0.1) is 13.8 Å². The van der Waals surface area contributed by atoms with Gasteiger partial charge in [0.05, 0.1) is 10.7 Å². The summed E-state index contributed by atoms with van der Waals surface area (Å²) in [5.41, 5.74) is 1.03. The summed E-state index contributed by atoms with van der Waals surface area (Å²) in [5, 5.41) is 1.25. The van der Waals surface area contributed by atoms with E-state index in [2.05, 4.69) is 4.98 Å². The molecule has 1 aromatic heterocycles. The summed E-state index contributed by atoms with van der Waals surface area (Å²) in [5.74, 6) is -0.814. The summed E-state index contributed by atoms with van der Waals surface area (Å²) in [7, 11) is 0. The first-order valence-corrected chi connectivity index (χ1v) is 7.52. The van der Waals surface area contributed by atoms with E-state index in [1.54, 1.807) is 38.1 Å². The molecular weight excluding hydrogens is 310 g/mol. The quantitative estimate of drug-likeness (QED) is 0.633. The van der Waals surface area contributed by atoms with Crippen LogP contribution in [0.5, 0.6) is 0 Å². The molecule has 0 N–H and O–H groups in total. The highest BCUT2D eigenvalue weighted by molar-refractivity contribution is 7.13. The topological polar surface area (TPSA) is 56.3 Å². The number of aryl methyl sites for hydroxylation is 2. The lowest BCUT2D eigenvalue weighted by atomic mass is 10.1. The van der Waals surface area contributed by atoms with Crippen molar-refractivity contribution in [1.82, 2.24) is 4.98 Å². The van der Waals surface area contributed by atoms with E-state index in [1.165, 1.54) is 11.3 Å². The standard InChI is InChI=1S/C15H14ClNO3S/c1-8-14(21-10(3)17-8)15(19)20-9(2)13(18)11-5-4-6-12(16)7-11/h4-7,9H,1-3H3. The molecule has 4 nitrogen and oxygen atoms in total. The summed E-state index contributed by atoms with van der Waals surface area (Å²) in [4.78, 5) is 28.9. The Labute approximate surface area is 131 Å². The SMILES string of the molecule is Cc1nc(C)c(C(=O)OC(C)C(=O)c2cccc(Cl)c2)s1. The largest absolute Gasteiger partial charge is 0.450 e. The Bertz CT molecular complexity index is 696. The predicted octanol–water partition coefficient (Wildman–Crippen LogP) is 3.84. The zero-order chi connectivity index (χ0) is 15.6. The molecule has 0 saturated heterocycles. The van der Waals surface area contributed by atoms with Crippen molar-refractivity contribution in [3.05, 3.63) is 50.4 Å². The maximum Gasteiger partial charge on any atom is 0.350 e. The van der Waals surface area contributed by atoms with Crippen LogP contribution < -0.4 is 0 Å². The van der Waals surface area contributed by atoms with Crippen LogP contribution in [0.15, 0.2) is 24.3 Å². The summed E-state index contributed by atoms with van der Waals surface area (Å²) in [6, 6.07) is 6.55. The number of Topliss-reactive ketones (excluding diaryl/α,β-unsaturated/α-hetero) is 1. The van der Waals surface area contributed by atoms with Crippen molar-refractivity contribution >= 4 is 34.7 Å². The average molecular weight is 324 g/mol. The molecule has 0 fully saturated rings. The number of ketones is 1. The lowest BCUT2D eigenvalue weighted by Gasteiger charge is -2.12. The summed E-state index contributed by atoms with van der Waals surface area (Å²) >= 11 is 7.11. The van der Waals surface area contributed by atoms with E-state index in [4.69, 9.17) is 16.3 Å². The van der Waals surface area contributed by atoms with E-state index < -0.39 is 12.1 Å². The van der Waals surface area contributed by atoms with Crippen molar-refractivity contribution in [1.29, 1.82) is 0 Å². The van der Waals surface area contributed by atoms with Crippen molar-refractivity contribution in [3.8, 4) is 0 Å². The molecule has 1 heterocycles. The second kappa shape index (κ2) is 6.37. The number of halogens is 1. The van der Waals surface area contributed by atoms with Gasteiger partial charge in [-0.1, -0.05) is 23.7 Å². The third kappa shape index (κ3) is 3.68. The highest BCUT2D eigenvalue weighted by Gasteiger charge is 2.23. The van der Waals surface area contributed by atoms with Crippen LogP contribution in [-0.4, -0.2) is 22.8 Å². The van der Waals surface area contributed by atoms with Gasteiger partial charge in [0.25, 0.3) is 0 Å². The maximum atomic E-state index is 12.2. The van der Waals surface area contributed by atoms with E-state index in [1.807, 2.05) is 6.92 Å². The molecule has 0 aliphatic carbocycles. The number of rotatable bonds is 4. The molecular formula is C15H14ClNO3S. The van der Waals surface area contributed by atoms with Crippen molar-refractivity contribution in [2.75, 3.05) is 0 Å². The highest BCUT2D eigenvalue weighted by Crippen LogP contribution is 2.20. The van der Waals surface area contributed by atoms with E-state index in [0.29, 0.717) is 21.2 Å². The molecule has 1 atom stereocenters. The molecule has 6 heteroatoms. The van der Waals surface area contributed by atoms with Crippen LogP contribution in [-0.2, 0) is 4.74 Å². The van der Waals surface area contributed by atoms with Crippen LogP contribution in [0.25, 0.3) is 0 Å². The number of benzene rings is 1. The molecule has 2 aromatic rings. The fourth-order valence-electron chi connectivity index (χ4n) is 1.86. The minimum atomic E-state index is -0.877. The van der Waals surface area contributed by atoms with Gasteiger partial charge in [0.1, 0.15) is 4.88 Å². The second-order valence-corrected chi connectivity index (χ2v) is 6.21. The number of nitrogens with zero attached hydrogens (tertiary/aromatic N) is 1.